The van der Waals surface area contributed by atoms with E-state index in [1.165, 1.54) is 5.56 Å². The van der Waals surface area contributed by atoms with Gasteiger partial charge in [-0.1, -0.05) is 29.8 Å². The normalized spacial score (nSPS) is 12.4. The summed E-state index contributed by atoms with van der Waals surface area (Å²) in [6, 6.07) is 9.50. The minimum Gasteiger partial charge on any atom is -0.394 e. The van der Waals surface area contributed by atoms with Crippen LogP contribution in [0.5, 0.6) is 0 Å². The minimum absolute atomic E-state index is 0.156. The van der Waals surface area contributed by atoms with Gasteiger partial charge in [0.05, 0.1) is 18.3 Å². The molecule has 0 bridgehead atoms. The molecule has 1 aromatic heterocycles. The van der Waals surface area contributed by atoms with Gasteiger partial charge in [-0.25, -0.2) is 9.97 Å². The second-order valence-corrected chi connectivity index (χ2v) is 4.41. The molecule has 0 aliphatic rings. The summed E-state index contributed by atoms with van der Waals surface area (Å²) in [5, 5.41) is 9.07. The van der Waals surface area contributed by atoms with Crippen LogP contribution in [0.2, 0.25) is 0 Å². The van der Waals surface area contributed by atoms with E-state index in [9.17, 15) is 0 Å². The first kappa shape index (κ1) is 12.7. The molecular weight excluding hydrogens is 226 g/mol. The third-order valence-electron chi connectivity index (χ3n) is 2.75. The predicted octanol–water partition coefficient (Wildman–Crippen LogP) is 1.75. The van der Waals surface area contributed by atoms with E-state index in [1.54, 1.807) is 0 Å². The van der Waals surface area contributed by atoms with Gasteiger partial charge in [0.15, 0.2) is 0 Å². The quantitative estimate of drug-likeness (QED) is 0.861. The van der Waals surface area contributed by atoms with Crippen LogP contribution in [-0.2, 0) is 0 Å². The Hall–Kier alpha value is -1.78. The average molecular weight is 243 g/mol. The molecule has 1 heterocycles. The van der Waals surface area contributed by atoms with Crippen molar-refractivity contribution in [2.75, 3.05) is 6.61 Å². The monoisotopic (exact) mass is 243 g/mol. The first-order valence-electron chi connectivity index (χ1n) is 5.89. The number of aromatic nitrogens is 2. The van der Waals surface area contributed by atoms with E-state index in [0.29, 0.717) is 5.82 Å². The zero-order valence-electron chi connectivity index (χ0n) is 10.6. The van der Waals surface area contributed by atoms with Gasteiger partial charge >= 0.3 is 0 Å². The van der Waals surface area contributed by atoms with E-state index in [1.807, 2.05) is 44.2 Å². The predicted molar refractivity (Wildman–Crippen MR) is 71.0 cm³/mol. The first-order valence-corrected chi connectivity index (χ1v) is 5.89. The summed E-state index contributed by atoms with van der Waals surface area (Å²) in [6.07, 6.45) is 0. The largest absolute Gasteiger partial charge is 0.394 e. The summed E-state index contributed by atoms with van der Waals surface area (Å²) in [5.74, 6) is 0.480. The van der Waals surface area contributed by atoms with E-state index in [2.05, 4.69) is 9.97 Å². The Morgan fingerprint density at radius 3 is 2.44 bits per heavy atom. The van der Waals surface area contributed by atoms with Gasteiger partial charge in [0.25, 0.3) is 0 Å². The van der Waals surface area contributed by atoms with Crippen molar-refractivity contribution in [3.05, 3.63) is 47.4 Å². The van der Waals surface area contributed by atoms with Crippen molar-refractivity contribution in [1.82, 2.24) is 9.97 Å². The van der Waals surface area contributed by atoms with Crippen molar-refractivity contribution >= 4 is 0 Å². The molecule has 0 aliphatic carbocycles. The molecule has 3 N–H and O–H groups in total. The molecule has 0 aliphatic heterocycles. The Kier molecular flexibility index (Phi) is 3.69. The van der Waals surface area contributed by atoms with Crippen molar-refractivity contribution < 1.29 is 5.11 Å². The SMILES string of the molecule is Cc1ccc(-c2cc(C)nc(C(N)CO)n2)cc1. The summed E-state index contributed by atoms with van der Waals surface area (Å²) >= 11 is 0. The molecule has 0 saturated heterocycles. The van der Waals surface area contributed by atoms with Gasteiger partial charge in [-0.15, -0.1) is 0 Å². The molecule has 1 unspecified atom stereocenters. The van der Waals surface area contributed by atoms with Crippen LogP contribution in [0.3, 0.4) is 0 Å². The third-order valence-corrected chi connectivity index (χ3v) is 2.75. The fraction of sp³-hybridized carbons (Fsp3) is 0.286. The van der Waals surface area contributed by atoms with Gasteiger partial charge in [0, 0.05) is 11.3 Å². The van der Waals surface area contributed by atoms with Crippen LogP contribution in [0.25, 0.3) is 11.3 Å². The minimum atomic E-state index is -0.533. The number of aliphatic hydroxyl groups is 1. The molecule has 2 rings (SSSR count). The number of rotatable bonds is 3. The van der Waals surface area contributed by atoms with Gasteiger partial charge in [-0.05, 0) is 19.9 Å². The number of aryl methyl sites for hydroxylation is 2. The molecule has 1 atom stereocenters. The van der Waals surface area contributed by atoms with Crippen LogP contribution in [-0.4, -0.2) is 21.7 Å². The summed E-state index contributed by atoms with van der Waals surface area (Å²) in [6.45, 7) is 3.78. The Morgan fingerprint density at radius 2 is 1.83 bits per heavy atom. The van der Waals surface area contributed by atoms with E-state index >= 15 is 0 Å². The number of hydrogen-bond donors (Lipinski definition) is 2. The Balaban J connectivity index is 2.44. The topological polar surface area (TPSA) is 72.0 Å². The molecule has 4 nitrogen and oxygen atoms in total. The number of hydrogen-bond acceptors (Lipinski definition) is 4. The maximum Gasteiger partial charge on any atom is 0.148 e. The maximum atomic E-state index is 9.07. The van der Waals surface area contributed by atoms with Gasteiger partial charge < -0.3 is 10.8 Å². The second kappa shape index (κ2) is 5.25. The van der Waals surface area contributed by atoms with E-state index in [-0.39, 0.29) is 6.61 Å². The smallest absolute Gasteiger partial charge is 0.148 e. The Labute approximate surface area is 107 Å². The lowest BCUT2D eigenvalue weighted by atomic mass is 10.1. The molecular formula is C14H17N3O. The molecule has 18 heavy (non-hydrogen) atoms. The molecule has 0 radical (unpaired) electrons. The number of benzene rings is 1. The number of aliphatic hydroxyl groups excluding tert-OH is 1. The molecule has 2 aromatic rings. The second-order valence-electron chi connectivity index (χ2n) is 4.41. The Morgan fingerprint density at radius 1 is 1.17 bits per heavy atom. The third kappa shape index (κ3) is 2.72. The van der Waals surface area contributed by atoms with Crippen molar-refractivity contribution in [3.63, 3.8) is 0 Å². The maximum absolute atomic E-state index is 9.07. The van der Waals surface area contributed by atoms with Crippen LogP contribution in [0.15, 0.2) is 30.3 Å². The highest BCUT2D eigenvalue weighted by Gasteiger charge is 2.10. The number of nitrogens with zero attached hydrogens (tertiary/aromatic N) is 2. The lowest BCUT2D eigenvalue weighted by Crippen LogP contribution is -2.18. The summed E-state index contributed by atoms with van der Waals surface area (Å²) < 4.78 is 0. The van der Waals surface area contributed by atoms with Crippen LogP contribution < -0.4 is 5.73 Å². The standard InChI is InChI=1S/C14H17N3O/c1-9-3-5-11(6-4-9)13-7-10(2)16-14(17-13)12(15)8-18/h3-7,12,18H,8,15H2,1-2H3. The van der Waals surface area contributed by atoms with Gasteiger partial charge in [-0.2, -0.15) is 0 Å². The zero-order chi connectivity index (χ0) is 13.1. The van der Waals surface area contributed by atoms with Crippen molar-refractivity contribution in [2.45, 2.75) is 19.9 Å². The van der Waals surface area contributed by atoms with Gasteiger partial charge in [0.1, 0.15) is 5.82 Å². The lowest BCUT2D eigenvalue weighted by molar-refractivity contribution is 0.263. The highest BCUT2D eigenvalue weighted by Crippen LogP contribution is 2.19. The van der Waals surface area contributed by atoms with Crippen LogP contribution >= 0.6 is 0 Å². The molecule has 1 aromatic carbocycles. The fourth-order valence-electron chi connectivity index (χ4n) is 1.71. The summed E-state index contributed by atoms with van der Waals surface area (Å²) in [7, 11) is 0. The van der Waals surface area contributed by atoms with Crippen LogP contribution in [0.1, 0.15) is 23.1 Å². The van der Waals surface area contributed by atoms with E-state index in [4.69, 9.17) is 10.8 Å². The van der Waals surface area contributed by atoms with Crippen LogP contribution in [0, 0.1) is 13.8 Å². The molecule has 0 amide bonds. The lowest BCUT2D eigenvalue weighted by Gasteiger charge is -2.10. The zero-order valence-corrected chi connectivity index (χ0v) is 10.6. The van der Waals surface area contributed by atoms with E-state index in [0.717, 1.165) is 17.0 Å². The molecule has 0 spiro atoms. The van der Waals surface area contributed by atoms with E-state index < -0.39 is 6.04 Å². The highest BCUT2D eigenvalue weighted by atomic mass is 16.3. The first-order chi connectivity index (χ1) is 8.60. The molecule has 0 fully saturated rings. The summed E-state index contributed by atoms with van der Waals surface area (Å²) in [5.41, 5.74) is 9.67. The molecule has 4 heteroatoms. The fourth-order valence-corrected chi connectivity index (χ4v) is 1.71. The van der Waals surface area contributed by atoms with Gasteiger partial charge in [-0.3, -0.25) is 0 Å². The average Bonchev–Trinajstić information content (AvgIpc) is 2.38. The highest BCUT2D eigenvalue weighted by molar-refractivity contribution is 5.59. The molecule has 0 saturated carbocycles. The molecule has 94 valence electrons. The van der Waals surface area contributed by atoms with Crippen molar-refractivity contribution in [1.29, 1.82) is 0 Å². The van der Waals surface area contributed by atoms with Gasteiger partial charge in [0.2, 0.25) is 0 Å². The van der Waals surface area contributed by atoms with Crippen molar-refractivity contribution in [3.8, 4) is 11.3 Å². The Bertz CT molecular complexity index is 537. The van der Waals surface area contributed by atoms with Crippen LogP contribution in [0.4, 0.5) is 0 Å². The van der Waals surface area contributed by atoms with Crippen molar-refractivity contribution in [2.24, 2.45) is 5.73 Å². The summed E-state index contributed by atoms with van der Waals surface area (Å²) in [4.78, 5) is 8.66. The number of nitrogens with two attached hydrogens (primary N) is 1.